The Balaban J connectivity index is 1.80. The van der Waals surface area contributed by atoms with Crippen molar-refractivity contribution in [3.05, 3.63) is 17.7 Å². The molecule has 21 heavy (non-hydrogen) atoms. The van der Waals surface area contributed by atoms with Crippen LogP contribution in [0.1, 0.15) is 24.8 Å². The topological polar surface area (TPSA) is 46.2 Å². The Labute approximate surface area is 122 Å². The Morgan fingerprint density at radius 2 is 2.00 bits per heavy atom. The molecule has 1 aliphatic carbocycles. The summed E-state index contributed by atoms with van der Waals surface area (Å²) in [7, 11) is 1.54. The lowest BCUT2D eigenvalue weighted by Crippen LogP contribution is -2.11. The number of nitrogens with one attached hydrogen (secondary N) is 2. The minimum Gasteiger partial charge on any atom is -0.381 e. The van der Waals surface area contributed by atoms with E-state index in [0.29, 0.717) is 13.2 Å². The summed E-state index contributed by atoms with van der Waals surface area (Å²) in [5.74, 6) is 1.13. The highest BCUT2D eigenvalue weighted by atomic mass is 19.4. The number of hydrogen-bond donors (Lipinski definition) is 2. The molecule has 0 bridgehead atoms. The smallest absolute Gasteiger partial charge is 0.381 e. The molecule has 1 fully saturated rings. The highest BCUT2D eigenvalue weighted by molar-refractivity contribution is 5.49. The molecule has 0 aliphatic heterocycles. The van der Waals surface area contributed by atoms with Crippen LogP contribution in [0.2, 0.25) is 0 Å². The summed E-state index contributed by atoms with van der Waals surface area (Å²) >= 11 is 0. The maximum atomic E-state index is 12.8. The summed E-state index contributed by atoms with van der Waals surface area (Å²) < 4.78 is 43.7. The third kappa shape index (κ3) is 5.41. The molecule has 2 rings (SSSR count). The minimum absolute atomic E-state index is 0.192. The SMILES string of the molecule is CNc1cc(C(F)(F)F)cc(NCCCOCC2CC2)n1. The van der Waals surface area contributed by atoms with Crippen LogP contribution >= 0.6 is 0 Å². The average Bonchev–Trinajstić information content (AvgIpc) is 3.25. The number of anilines is 2. The van der Waals surface area contributed by atoms with E-state index in [1.807, 2.05) is 0 Å². The van der Waals surface area contributed by atoms with Crippen molar-refractivity contribution >= 4 is 11.6 Å². The Morgan fingerprint density at radius 3 is 2.62 bits per heavy atom. The van der Waals surface area contributed by atoms with Crippen LogP contribution in [-0.4, -0.2) is 31.8 Å². The second-order valence-corrected chi connectivity index (χ2v) is 5.17. The van der Waals surface area contributed by atoms with Gasteiger partial charge in [-0.25, -0.2) is 4.98 Å². The number of nitrogens with zero attached hydrogens (tertiary/aromatic N) is 1. The van der Waals surface area contributed by atoms with Crippen LogP contribution in [0.4, 0.5) is 24.8 Å². The van der Waals surface area contributed by atoms with Crippen LogP contribution in [0.15, 0.2) is 12.1 Å². The number of ether oxygens (including phenoxy) is 1. The van der Waals surface area contributed by atoms with Gasteiger partial charge in [0, 0.05) is 26.8 Å². The molecular formula is C14H20F3N3O. The Kier molecular flexibility index (Phi) is 5.27. The largest absolute Gasteiger partial charge is 0.416 e. The van der Waals surface area contributed by atoms with Crippen molar-refractivity contribution in [3.63, 3.8) is 0 Å². The number of alkyl halides is 3. The maximum Gasteiger partial charge on any atom is 0.416 e. The fourth-order valence-corrected chi connectivity index (χ4v) is 1.84. The first-order valence-corrected chi connectivity index (χ1v) is 7.07. The highest BCUT2D eigenvalue weighted by Gasteiger charge is 2.31. The lowest BCUT2D eigenvalue weighted by atomic mass is 10.2. The van der Waals surface area contributed by atoms with Crippen molar-refractivity contribution in [2.75, 3.05) is 37.4 Å². The van der Waals surface area contributed by atoms with Gasteiger partial charge in [-0.2, -0.15) is 13.2 Å². The molecule has 0 aromatic carbocycles. The van der Waals surface area contributed by atoms with Crippen LogP contribution < -0.4 is 10.6 Å². The van der Waals surface area contributed by atoms with Gasteiger partial charge in [0.15, 0.2) is 0 Å². The molecule has 0 saturated heterocycles. The monoisotopic (exact) mass is 303 g/mol. The Morgan fingerprint density at radius 1 is 1.29 bits per heavy atom. The first-order chi connectivity index (χ1) is 9.99. The molecule has 1 heterocycles. The summed E-state index contributed by atoms with van der Waals surface area (Å²) in [6.07, 6.45) is -1.14. The number of halogens is 3. The van der Waals surface area contributed by atoms with Gasteiger partial charge in [0.05, 0.1) is 5.56 Å². The number of aromatic nitrogens is 1. The Bertz CT molecular complexity index is 461. The average molecular weight is 303 g/mol. The summed E-state index contributed by atoms with van der Waals surface area (Å²) in [5.41, 5.74) is -0.714. The number of hydrogen-bond acceptors (Lipinski definition) is 4. The van der Waals surface area contributed by atoms with E-state index in [0.717, 1.165) is 31.1 Å². The van der Waals surface area contributed by atoms with Gasteiger partial charge in [-0.15, -0.1) is 0 Å². The zero-order valence-electron chi connectivity index (χ0n) is 12.0. The molecule has 1 aromatic heterocycles. The summed E-state index contributed by atoms with van der Waals surface area (Å²) in [6.45, 7) is 1.94. The molecule has 1 saturated carbocycles. The fourth-order valence-electron chi connectivity index (χ4n) is 1.84. The third-order valence-corrected chi connectivity index (χ3v) is 3.23. The van der Waals surface area contributed by atoms with E-state index in [1.165, 1.54) is 19.9 Å². The molecule has 7 heteroatoms. The molecule has 0 atom stereocenters. The maximum absolute atomic E-state index is 12.8. The predicted octanol–water partition coefficient (Wildman–Crippen LogP) is 3.37. The van der Waals surface area contributed by atoms with Crippen molar-refractivity contribution in [3.8, 4) is 0 Å². The molecule has 0 spiro atoms. The molecule has 0 radical (unpaired) electrons. The first kappa shape index (κ1) is 15.9. The molecule has 0 amide bonds. The van der Waals surface area contributed by atoms with E-state index in [4.69, 9.17) is 4.74 Å². The van der Waals surface area contributed by atoms with Crippen molar-refractivity contribution in [2.24, 2.45) is 5.92 Å². The third-order valence-electron chi connectivity index (χ3n) is 3.23. The first-order valence-electron chi connectivity index (χ1n) is 7.07. The molecule has 1 aliphatic rings. The van der Waals surface area contributed by atoms with Gasteiger partial charge < -0.3 is 15.4 Å². The zero-order chi connectivity index (χ0) is 15.3. The molecule has 1 aromatic rings. The standard InChI is InChI=1S/C14H20F3N3O/c1-18-12-7-11(14(15,16)17)8-13(20-12)19-5-2-6-21-9-10-3-4-10/h7-8,10H,2-6,9H2,1H3,(H2,18,19,20). The van der Waals surface area contributed by atoms with Crippen LogP contribution in [-0.2, 0) is 10.9 Å². The van der Waals surface area contributed by atoms with Crippen LogP contribution in [0.25, 0.3) is 0 Å². The second kappa shape index (κ2) is 6.98. The van der Waals surface area contributed by atoms with Gasteiger partial charge in [-0.3, -0.25) is 0 Å². The molecule has 0 unspecified atom stereocenters. The van der Waals surface area contributed by atoms with Gasteiger partial charge in [0.25, 0.3) is 0 Å². The van der Waals surface area contributed by atoms with E-state index in [1.54, 1.807) is 0 Å². The van der Waals surface area contributed by atoms with E-state index in [2.05, 4.69) is 15.6 Å². The van der Waals surface area contributed by atoms with Gasteiger partial charge in [0.1, 0.15) is 11.6 Å². The lowest BCUT2D eigenvalue weighted by Gasteiger charge is -2.12. The summed E-state index contributed by atoms with van der Waals surface area (Å²) in [5, 5.41) is 5.54. The van der Waals surface area contributed by atoms with Gasteiger partial charge in [0.2, 0.25) is 0 Å². The van der Waals surface area contributed by atoms with E-state index in [9.17, 15) is 13.2 Å². The van der Waals surface area contributed by atoms with Gasteiger partial charge in [-0.05, 0) is 37.3 Å². The van der Waals surface area contributed by atoms with Crippen molar-refractivity contribution in [1.82, 2.24) is 4.98 Å². The van der Waals surface area contributed by atoms with Gasteiger partial charge >= 0.3 is 6.18 Å². The van der Waals surface area contributed by atoms with Crippen molar-refractivity contribution in [1.29, 1.82) is 0 Å². The van der Waals surface area contributed by atoms with Crippen molar-refractivity contribution < 1.29 is 17.9 Å². The van der Waals surface area contributed by atoms with E-state index >= 15 is 0 Å². The molecule has 4 nitrogen and oxygen atoms in total. The predicted molar refractivity (Wildman–Crippen MR) is 75.4 cm³/mol. The molecular weight excluding hydrogens is 283 g/mol. The lowest BCUT2D eigenvalue weighted by molar-refractivity contribution is -0.137. The quantitative estimate of drug-likeness (QED) is 0.723. The normalized spacial score (nSPS) is 15.0. The van der Waals surface area contributed by atoms with E-state index < -0.39 is 11.7 Å². The Hall–Kier alpha value is -1.50. The fraction of sp³-hybridized carbons (Fsp3) is 0.643. The minimum atomic E-state index is -4.38. The van der Waals surface area contributed by atoms with E-state index in [-0.39, 0.29) is 11.6 Å². The summed E-state index contributed by atoms with van der Waals surface area (Å²) in [4.78, 5) is 4.06. The second-order valence-electron chi connectivity index (χ2n) is 5.17. The summed E-state index contributed by atoms with van der Waals surface area (Å²) in [6, 6.07) is 2.01. The van der Waals surface area contributed by atoms with Crippen LogP contribution in [0.3, 0.4) is 0 Å². The molecule has 2 N–H and O–H groups in total. The highest BCUT2D eigenvalue weighted by Crippen LogP contribution is 2.32. The zero-order valence-corrected chi connectivity index (χ0v) is 12.0. The van der Waals surface area contributed by atoms with Crippen LogP contribution in [0.5, 0.6) is 0 Å². The number of rotatable bonds is 8. The van der Waals surface area contributed by atoms with Crippen molar-refractivity contribution in [2.45, 2.75) is 25.4 Å². The molecule has 118 valence electrons. The van der Waals surface area contributed by atoms with Crippen LogP contribution in [0, 0.1) is 5.92 Å². The number of pyridine rings is 1. The van der Waals surface area contributed by atoms with Gasteiger partial charge in [-0.1, -0.05) is 0 Å².